The molecule has 0 aliphatic carbocycles. The minimum atomic E-state index is 0.570. The van der Waals surface area contributed by atoms with Crippen LogP contribution in [0.3, 0.4) is 0 Å². The van der Waals surface area contributed by atoms with Crippen molar-refractivity contribution >= 4 is 21.9 Å². The topological polar surface area (TPSA) is 65.4 Å². The lowest BCUT2D eigenvalue weighted by molar-refractivity contribution is 1.33. The highest BCUT2D eigenvalue weighted by Crippen LogP contribution is 2.29. The van der Waals surface area contributed by atoms with E-state index in [4.69, 9.17) is 5.26 Å². The predicted molar refractivity (Wildman–Crippen MR) is 81.5 cm³/mol. The number of rotatable bonds is 1. The van der Waals surface area contributed by atoms with Gasteiger partial charge in [-0.2, -0.15) is 5.26 Å². The summed E-state index contributed by atoms with van der Waals surface area (Å²) in [6.45, 7) is 0. The first-order chi connectivity index (χ1) is 10.3. The third-order valence-electron chi connectivity index (χ3n) is 3.57. The van der Waals surface area contributed by atoms with E-state index in [2.05, 4.69) is 27.1 Å². The molecule has 1 aromatic carbocycles. The molecule has 98 valence electrons. The van der Waals surface area contributed by atoms with Crippen molar-refractivity contribution < 1.29 is 0 Å². The van der Waals surface area contributed by atoms with E-state index in [9.17, 15) is 0 Å². The second kappa shape index (κ2) is 4.43. The highest BCUT2D eigenvalue weighted by molar-refractivity contribution is 5.96. The molecule has 0 aliphatic heterocycles. The number of nitriles is 1. The van der Waals surface area contributed by atoms with Crippen molar-refractivity contribution in [2.24, 2.45) is 0 Å². The number of nitrogens with one attached hydrogen (secondary N) is 1. The van der Waals surface area contributed by atoms with E-state index in [1.807, 2.05) is 36.5 Å². The summed E-state index contributed by atoms with van der Waals surface area (Å²) in [5.41, 5.74) is 4.51. The maximum atomic E-state index is 8.99. The van der Waals surface area contributed by atoms with Crippen molar-refractivity contribution in [2.75, 3.05) is 0 Å². The molecule has 0 radical (unpaired) electrons. The van der Waals surface area contributed by atoms with Crippen LogP contribution >= 0.6 is 0 Å². The fraction of sp³-hybridized carbons (Fsp3) is 0. The lowest BCUT2D eigenvalue weighted by Crippen LogP contribution is -1.83. The molecule has 4 heteroatoms. The average Bonchev–Trinajstić information content (AvgIpc) is 2.98. The number of fused-ring (bicyclic) bond motifs is 2. The normalized spacial score (nSPS) is 10.8. The van der Waals surface area contributed by atoms with E-state index in [-0.39, 0.29) is 0 Å². The highest BCUT2D eigenvalue weighted by atomic mass is 14.8. The van der Waals surface area contributed by atoms with Crippen molar-refractivity contribution in [3.05, 3.63) is 60.6 Å². The Morgan fingerprint density at radius 2 is 2.05 bits per heavy atom. The van der Waals surface area contributed by atoms with Crippen LogP contribution in [0.4, 0.5) is 0 Å². The quantitative estimate of drug-likeness (QED) is 0.574. The molecule has 0 atom stereocenters. The maximum Gasteiger partial charge on any atom is 0.137 e. The molecule has 0 saturated heterocycles. The minimum Gasteiger partial charge on any atom is -0.346 e. The van der Waals surface area contributed by atoms with Crippen LogP contribution in [-0.4, -0.2) is 15.0 Å². The number of benzene rings is 1. The summed E-state index contributed by atoms with van der Waals surface area (Å²) in [5, 5.41) is 11.0. The first-order valence-corrected chi connectivity index (χ1v) is 6.57. The number of nitrogens with zero attached hydrogens (tertiary/aromatic N) is 3. The van der Waals surface area contributed by atoms with E-state index < -0.39 is 0 Å². The third-order valence-corrected chi connectivity index (χ3v) is 3.57. The van der Waals surface area contributed by atoms with E-state index >= 15 is 0 Å². The fourth-order valence-electron chi connectivity index (χ4n) is 2.56. The molecular formula is C17H10N4. The molecule has 0 fully saturated rings. The van der Waals surface area contributed by atoms with Gasteiger partial charge in [-0.25, -0.2) is 4.98 Å². The molecule has 1 N–H and O–H groups in total. The van der Waals surface area contributed by atoms with Crippen LogP contribution in [0, 0.1) is 11.3 Å². The van der Waals surface area contributed by atoms with Gasteiger partial charge in [0.05, 0.1) is 11.1 Å². The molecule has 4 nitrogen and oxygen atoms in total. The van der Waals surface area contributed by atoms with Gasteiger partial charge in [0, 0.05) is 34.9 Å². The fourth-order valence-corrected chi connectivity index (χ4v) is 2.56. The zero-order valence-electron chi connectivity index (χ0n) is 11.0. The smallest absolute Gasteiger partial charge is 0.137 e. The molecule has 3 heterocycles. The average molecular weight is 270 g/mol. The van der Waals surface area contributed by atoms with E-state index in [0.717, 1.165) is 33.1 Å². The Morgan fingerprint density at radius 1 is 1.10 bits per heavy atom. The SMILES string of the molecule is N#Cc1cnc2ccc(-c3c[nH]c4ncccc34)cc2c1. The van der Waals surface area contributed by atoms with Gasteiger partial charge >= 0.3 is 0 Å². The molecular weight excluding hydrogens is 260 g/mol. The first kappa shape index (κ1) is 11.6. The molecule has 0 amide bonds. The summed E-state index contributed by atoms with van der Waals surface area (Å²) in [6, 6.07) is 14.0. The Balaban J connectivity index is 1.96. The molecule has 0 saturated carbocycles. The number of hydrogen-bond acceptors (Lipinski definition) is 3. The zero-order chi connectivity index (χ0) is 14.2. The van der Waals surface area contributed by atoms with Crippen molar-refractivity contribution in [3.63, 3.8) is 0 Å². The van der Waals surface area contributed by atoms with Gasteiger partial charge in [0.15, 0.2) is 0 Å². The second-order valence-corrected chi connectivity index (χ2v) is 4.85. The van der Waals surface area contributed by atoms with Crippen molar-refractivity contribution in [1.82, 2.24) is 15.0 Å². The summed E-state index contributed by atoms with van der Waals surface area (Å²) < 4.78 is 0. The molecule has 0 unspecified atom stereocenters. The lowest BCUT2D eigenvalue weighted by Gasteiger charge is -2.03. The van der Waals surface area contributed by atoms with Gasteiger partial charge in [0.1, 0.15) is 11.7 Å². The van der Waals surface area contributed by atoms with Crippen LogP contribution in [-0.2, 0) is 0 Å². The monoisotopic (exact) mass is 270 g/mol. The van der Waals surface area contributed by atoms with E-state index in [0.29, 0.717) is 5.56 Å². The van der Waals surface area contributed by atoms with E-state index in [1.165, 1.54) is 0 Å². The molecule has 0 bridgehead atoms. The maximum absolute atomic E-state index is 8.99. The third kappa shape index (κ3) is 1.84. The minimum absolute atomic E-state index is 0.570. The second-order valence-electron chi connectivity index (χ2n) is 4.85. The number of H-pyrrole nitrogens is 1. The number of hydrogen-bond donors (Lipinski definition) is 1. The van der Waals surface area contributed by atoms with Gasteiger partial charge in [-0.3, -0.25) is 4.98 Å². The van der Waals surface area contributed by atoms with Crippen LogP contribution in [0.2, 0.25) is 0 Å². The van der Waals surface area contributed by atoms with Crippen molar-refractivity contribution in [2.45, 2.75) is 0 Å². The Kier molecular flexibility index (Phi) is 2.45. The predicted octanol–water partition coefficient (Wildman–Crippen LogP) is 3.65. The van der Waals surface area contributed by atoms with Crippen LogP contribution in [0.1, 0.15) is 5.56 Å². The van der Waals surface area contributed by atoms with Crippen LogP contribution in [0.15, 0.2) is 55.0 Å². The van der Waals surface area contributed by atoms with Crippen molar-refractivity contribution in [1.29, 1.82) is 5.26 Å². The summed E-state index contributed by atoms with van der Waals surface area (Å²) in [7, 11) is 0. The largest absolute Gasteiger partial charge is 0.346 e. The van der Waals surface area contributed by atoms with Crippen LogP contribution < -0.4 is 0 Å². The van der Waals surface area contributed by atoms with E-state index in [1.54, 1.807) is 12.4 Å². The van der Waals surface area contributed by atoms with Gasteiger partial charge < -0.3 is 4.98 Å². The summed E-state index contributed by atoms with van der Waals surface area (Å²) in [5.74, 6) is 0. The Morgan fingerprint density at radius 3 is 2.95 bits per heavy atom. The number of pyridine rings is 2. The van der Waals surface area contributed by atoms with Crippen LogP contribution in [0.25, 0.3) is 33.1 Å². The Labute approximate surface area is 120 Å². The number of aromatic nitrogens is 3. The molecule has 21 heavy (non-hydrogen) atoms. The zero-order valence-corrected chi connectivity index (χ0v) is 11.0. The van der Waals surface area contributed by atoms with Crippen LogP contribution in [0.5, 0.6) is 0 Å². The van der Waals surface area contributed by atoms with Gasteiger partial charge in [-0.15, -0.1) is 0 Å². The summed E-state index contributed by atoms with van der Waals surface area (Å²) in [4.78, 5) is 11.8. The van der Waals surface area contributed by atoms with Gasteiger partial charge in [-0.1, -0.05) is 6.07 Å². The first-order valence-electron chi connectivity index (χ1n) is 6.57. The van der Waals surface area contributed by atoms with Gasteiger partial charge in [0.25, 0.3) is 0 Å². The van der Waals surface area contributed by atoms with Crippen molar-refractivity contribution in [3.8, 4) is 17.2 Å². The molecule has 4 rings (SSSR count). The molecule has 4 aromatic rings. The Hall–Kier alpha value is -3.19. The highest BCUT2D eigenvalue weighted by Gasteiger charge is 2.07. The van der Waals surface area contributed by atoms with Gasteiger partial charge in [-0.05, 0) is 35.9 Å². The molecule has 0 spiro atoms. The van der Waals surface area contributed by atoms with Gasteiger partial charge in [0.2, 0.25) is 0 Å². The summed E-state index contributed by atoms with van der Waals surface area (Å²) in [6.07, 6.45) is 5.32. The number of aromatic amines is 1. The summed E-state index contributed by atoms with van der Waals surface area (Å²) >= 11 is 0. The molecule has 0 aliphatic rings. The Bertz CT molecular complexity index is 1010. The standard InChI is InChI=1S/C17H10N4/c18-8-11-6-13-7-12(3-4-16(13)20-9-11)15-10-21-17-14(15)2-1-5-19-17/h1-7,9-10H,(H,19,21). The lowest BCUT2D eigenvalue weighted by atomic mass is 10.0. The molecule has 3 aromatic heterocycles.